The van der Waals surface area contributed by atoms with Gasteiger partial charge in [-0.1, -0.05) is 25.5 Å². The molecule has 0 aliphatic carbocycles. The Bertz CT molecular complexity index is 574. The fraction of sp³-hybridized carbons (Fsp3) is 0.471. The van der Waals surface area contributed by atoms with Crippen molar-refractivity contribution in [3.63, 3.8) is 0 Å². The Labute approximate surface area is 163 Å². The Hall–Kier alpha value is -0.883. The fourth-order valence-electron chi connectivity index (χ4n) is 1.96. The van der Waals surface area contributed by atoms with Crippen molar-refractivity contribution >= 4 is 51.3 Å². The van der Waals surface area contributed by atoms with Gasteiger partial charge in [0.25, 0.3) is 0 Å². The highest BCUT2D eigenvalue weighted by molar-refractivity contribution is 7.64. The van der Waals surface area contributed by atoms with Crippen LogP contribution in [0.4, 0.5) is 0 Å². The highest BCUT2D eigenvalue weighted by Gasteiger charge is 2.23. The van der Waals surface area contributed by atoms with E-state index in [-0.39, 0.29) is 0 Å². The molecule has 0 bridgehead atoms. The number of rotatable bonds is 12. The molecule has 0 fully saturated rings. The second-order valence-electron chi connectivity index (χ2n) is 5.48. The minimum atomic E-state index is -2.57. The normalized spacial score (nSPS) is 11.7. The van der Waals surface area contributed by atoms with Crippen molar-refractivity contribution in [1.82, 2.24) is 0 Å². The molecule has 1 aromatic rings. The van der Waals surface area contributed by atoms with E-state index in [2.05, 4.69) is 6.92 Å². The third kappa shape index (κ3) is 10.6. The van der Waals surface area contributed by atoms with Crippen molar-refractivity contribution in [2.45, 2.75) is 38.7 Å². The van der Waals surface area contributed by atoms with Gasteiger partial charge in [0.15, 0.2) is 11.5 Å². The van der Waals surface area contributed by atoms with Gasteiger partial charge in [0.2, 0.25) is 0 Å². The largest absolute Gasteiger partial charge is 0.545 e. The van der Waals surface area contributed by atoms with Gasteiger partial charge < -0.3 is 19.4 Å². The number of hydrogen-bond acceptors (Lipinski definition) is 4. The number of hydrogen-bond donors (Lipinski definition) is 0. The zero-order valence-electron chi connectivity index (χ0n) is 14.1. The molecule has 1 aromatic carbocycles. The van der Waals surface area contributed by atoms with Crippen molar-refractivity contribution in [2.75, 3.05) is 13.2 Å². The quantitative estimate of drug-likeness (QED) is 0.215. The molecule has 0 saturated heterocycles. The SMILES string of the molecule is CCCCOc1cc(/C=C/C(=O)[O-])ccc1OCCCC[Si](Cl)(Cl)Cl. The van der Waals surface area contributed by atoms with E-state index in [9.17, 15) is 9.90 Å². The van der Waals surface area contributed by atoms with E-state index in [0.717, 1.165) is 31.8 Å². The second kappa shape index (κ2) is 11.7. The van der Waals surface area contributed by atoms with Gasteiger partial charge in [-0.15, -0.1) is 33.2 Å². The molecule has 8 heteroatoms. The van der Waals surface area contributed by atoms with Gasteiger partial charge in [0.1, 0.15) is 0 Å². The standard InChI is InChI=1S/C17H23Cl3O4Si/c1-2-3-10-24-16-13-14(7-9-17(21)22)6-8-15(16)23-11-4-5-12-25(18,19)20/h6-9,13H,2-5,10-12H2,1H3,(H,21,22)/p-1/b9-7+. The molecular formula is C17H22Cl3O4Si-. The summed E-state index contributed by atoms with van der Waals surface area (Å²) in [6.07, 6.45) is 5.94. The molecule has 0 atom stereocenters. The van der Waals surface area contributed by atoms with E-state index >= 15 is 0 Å². The zero-order chi connectivity index (χ0) is 18.7. The highest BCUT2D eigenvalue weighted by atomic mass is 35.8. The van der Waals surface area contributed by atoms with Crippen LogP contribution in [0.5, 0.6) is 11.5 Å². The van der Waals surface area contributed by atoms with E-state index < -0.39 is 12.0 Å². The summed E-state index contributed by atoms with van der Waals surface area (Å²) >= 11 is 17.6. The maximum atomic E-state index is 10.5. The summed E-state index contributed by atoms with van der Waals surface area (Å²) in [5.41, 5.74) is 0.699. The molecule has 0 aliphatic heterocycles. The van der Waals surface area contributed by atoms with Crippen LogP contribution < -0.4 is 14.6 Å². The van der Waals surface area contributed by atoms with Crippen LogP contribution in [-0.4, -0.2) is 25.2 Å². The molecule has 0 heterocycles. The molecule has 0 aromatic heterocycles. The van der Waals surface area contributed by atoms with E-state index in [0.29, 0.717) is 36.3 Å². The first-order valence-corrected chi connectivity index (χ1v) is 13.4. The molecule has 1 rings (SSSR count). The summed E-state index contributed by atoms with van der Waals surface area (Å²) in [6.45, 7) is 3.14. The number of carboxylic acid groups (broad SMARTS) is 1. The van der Waals surface area contributed by atoms with Crippen LogP contribution in [0.2, 0.25) is 6.04 Å². The molecule has 25 heavy (non-hydrogen) atoms. The van der Waals surface area contributed by atoms with Crippen LogP contribution in [0.3, 0.4) is 0 Å². The number of benzene rings is 1. The number of carbonyl (C=O) groups excluding carboxylic acids is 1. The Balaban J connectivity index is 2.66. The number of aliphatic carboxylic acids is 1. The molecule has 0 radical (unpaired) electrons. The summed E-state index contributed by atoms with van der Waals surface area (Å²) in [4.78, 5) is 10.5. The lowest BCUT2D eigenvalue weighted by Gasteiger charge is -2.14. The van der Waals surface area contributed by atoms with Crippen molar-refractivity contribution in [1.29, 1.82) is 0 Å². The molecule has 0 amide bonds. The van der Waals surface area contributed by atoms with Crippen LogP contribution in [0.1, 0.15) is 38.2 Å². The first-order valence-electron chi connectivity index (χ1n) is 8.17. The minimum Gasteiger partial charge on any atom is -0.545 e. The number of carbonyl (C=O) groups is 1. The second-order valence-corrected chi connectivity index (χ2v) is 14.8. The van der Waals surface area contributed by atoms with Crippen molar-refractivity contribution < 1.29 is 19.4 Å². The zero-order valence-corrected chi connectivity index (χ0v) is 17.4. The summed E-state index contributed by atoms with van der Waals surface area (Å²) in [6, 6.07) is 3.31. The number of unbranched alkanes of at least 4 members (excludes halogenated alkanes) is 2. The number of ether oxygens (including phenoxy) is 2. The van der Waals surface area contributed by atoms with Crippen molar-refractivity contribution in [3.05, 3.63) is 29.8 Å². The minimum absolute atomic E-state index is 0.494. The molecule has 0 saturated carbocycles. The molecule has 4 nitrogen and oxygen atoms in total. The summed E-state index contributed by atoms with van der Waals surface area (Å²) in [5.74, 6) is -0.0381. The third-order valence-corrected chi connectivity index (χ3v) is 5.87. The van der Waals surface area contributed by atoms with Gasteiger partial charge in [0.05, 0.1) is 19.2 Å². The lowest BCUT2D eigenvalue weighted by atomic mass is 10.2. The van der Waals surface area contributed by atoms with Gasteiger partial charge in [-0.05, 0) is 49.1 Å². The Morgan fingerprint density at radius 1 is 1.12 bits per heavy atom. The van der Waals surface area contributed by atoms with E-state index in [1.807, 2.05) is 0 Å². The molecule has 140 valence electrons. The van der Waals surface area contributed by atoms with Crippen LogP contribution in [0.25, 0.3) is 6.08 Å². The maximum Gasteiger partial charge on any atom is 0.341 e. The fourth-order valence-corrected chi connectivity index (χ4v) is 3.81. The topological polar surface area (TPSA) is 58.6 Å². The Kier molecular flexibility index (Phi) is 10.4. The number of carboxylic acids is 1. The monoisotopic (exact) mass is 423 g/mol. The predicted octanol–water partition coefficient (Wildman–Crippen LogP) is 4.44. The Morgan fingerprint density at radius 2 is 1.80 bits per heavy atom. The van der Waals surface area contributed by atoms with Gasteiger partial charge in [0, 0.05) is 0 Å². The smallest absolute Gasteiger partial charge is 0.341 e. The maximum absolute atomic E-state index is 10.5. The van der Waals surface area contributed by atoms with Crippen LogP contribution in [0, 0.1) is 0 Å². The molecule has 0 unspecified atom stereocenters. The van der Waals surface area contributed by atoms with Crippen molar-refractivity contribution in [2.24, 2.45) is 0 Å². The molecule has 0 spiro atoms. The summed E-state index contributed by atoms with van der Waals surface area (Å²) < 4.78 is 11.5. The lowest BCUT2D eigenvalue weighted by Crippen LogP contribution is -2.18. The van der Waals surface area contributed by atoms with Crippen LogP contribution in [-0.2, 0) is 4.79 Å². The Morgan fingerprint density at radius 3 is 2.44 bits per heavy atom. The summed E-state index contributed by atoms with van der Waals surface area (Å²) in [7, 11) is 0. The summed E-state index contributed by atoms with van der Waals surface area (Å²) in [5, 5.41) is 10.5. The first-order chi connectivity index (χ1) is 11.8. The molecule has 0 N–H and O–H groups in total. The van der Waals surface area contributed by atoms with Gasteiger partial charge in [-0.25, -0.2) is 0 Å². The van der Waals surface area contributed by atoms with E-state index in [4.69, 9.17) is 42.7 Å². The van der Waals surface area contributed by atoms with Crippen LogP contribution >= 0.6 is 33.2 Å². The molecular weight excluding hydrogens is 403 g/mol. The highest BCUT2D eigenvalue weighted by Crippen LogP contribution is 2.30. The van der Waals surface area contributed by atoms with Crippen molar-refractivity contribution in [3.8, 4) is 11.5 Å². The van der Waals surface area contributed by atoms with Gasteiger partial charge in [-0.2, -0.15) is 0 Å². The predicted molar refractivity (Wildman–Crippen MR) is 104 cm³/mol. The average molecular weight is 425 g/mol. The molecule has 0 aliphatic rings. The number of halogens is 3. The third-order valence-electron chi connectivity index (χ3n) is 3.25. The van der Waals surface area contributed by atoms with E-state index in [1.54, 1.807) is 18.2 Å². The van der Waals surface area contributed by atoms with Gasteiger partial charge >= 0.3 is 6.00 Å². The first kappa shape index (κ1) is 22.2. The van der Waals surface area contributed by atoms with Gasteiger partial charge in [-0.3, -0.25) is 0 Å². The van der Waals surface area contributed by atoms with Crippen LogP contribution in [0.15, 0.2) is 24.3 Å². The lowest BCUT2D eigenvalue weighted by molar-refractivity contribution is -0.297. The average Bonchev–Trinajstić information content (AvgIpc) is 2.53. The van der Waals surface area contributed by atoms with E-state index in [1.165, 1.54) is 6.08 Å².